The molecule has 0 saturated carbocycles. The average Bonchev–Trinajstić information content (AvgIpc) is 2.25. The van der Waals surface area contributed by atoms with Crippen LogP contribution in [0.2, 0.25) is 0 Å². The van der Waals surface area contributed by atoms with Gasteiger partial charge < -0.3 is 10.1 Å². The Bertz CT molecular complexity index is 385. The second-order valence-corrected chi connectivity index (χ2v) is 4.14. The molecule has 0 heterocycles. The molecule has 0 saturated heterocycles. The van der Waals surface area contributed by atoms with E-state index < -0.39 is 6.61 Å². The lowest BCUT2D eigenvalue weighted by atomic mass is 10.2. The summed E-state index contributed by atoms with van der Waals surface area (Å²) >= 11 is 5.67. The fourth-order valence-corrected chi connectivity index (χ4v) is 1.23. The summed E-state index contributed by atoms with van der Waals surface area (Å²) < 4.78 is 28.1. The van der Waals surface area contributed by atoms with Crippen LogP contribution in [0.25, 0.3) is 0 Å². The van der Waals surface area contributed by atoms with Gasteiger partial charge in [0.05, 0.1) is 0 Å². The van der Waals surface area contributed by atoms with Crippen molar-refractivity contribution in [3.63, 3.8) is 0 Å². The van der Waals surface area contributed by atoms with E-state index in [0.29, 0.717) is 6.54 Å². The molecule has 6 heteroatoms. The second kappa shape index (κ2) is 6.39. The van der Waals surface area contributed by atoms with Crippen molar-refractivity contribution in [1.82, 2.24) is 5.32 Å². The van der Waals surface area contributed by atoms with Crippen LogP contribution in [0.3, 0.4) is 0 Å². The van der Waals surface area contributed by atoms with Crippen LogP contribution >= 0.6 is 11.6 Å². The Morgan fingerprint density at radius 3 is 2.82 bits per heavy atom. The van der Waals surface area contributed by atoms with Crippen LogP contribution in [0.1, 0.15) is 17.3 Å². The number of nitrogens with one attached hydrogen (secondary N) is 1. The van der Waals surface area contributed by atoms with Crippen molar-refractivity contribution in [3.05, 3.63) is 29.8 Å². The molecule has 0 aliphatic rings. The highest BCUT2D eigenvalue weighted by molar-refractivity contribution is 6.20. The van der Waals surface area contributed by atoms with Crippen LogP contribution in [0.4, 0.5) is 8.78 Å². The van der Waals surface area contributed by atoms with E-state index in [1.165, 1.54) is 24.3 Å². The number of rotatable bonds is 5. The Morgan fingerprint density at radius 1 is 1.53 bits per heavy atom. The first-order chi connectivity index (χ1) is 7.99. The van der Waals surface area contributed by atoms with Gasteiger partial charge in [-0.05, 0) is 25.1 Å². The molecule has 1 N–H and O–H groups in total. The third-order valence-corrected chi connectivity index (χ3v) is 2.02. The van der Waals surface area contributed by atoms with Crippen molar-refractivity contribution in [2.75, 3.05) is 6.54 Å². The monoisotopic (exact) mass is 263 g/mol. The number of amides is 1. The Hall–Kier alpha value is -1.36. The summed E-state index contributed by atoms with van der Waals surface area (Å²) in [7, 11) is 0. The molecule has 1 rings (SSSR count). The molecule has 0 bridgehead atoms. The lowest BCUT2D eigenvalue weighted by Crippen LogP contribution is -2.28. The second-order valence-electron chi connectivity index (χ2n) is 3.40. The normalized spacial score (nSPS) is 12.3. The fourth-order valence-electron chi connectivity index (χ4n) is 1.15. The lowest BCUT2D eigenvalue weighted by molar-refractivity contribution is -0.0498. The minimum atomic E-state index is -2.91. The van der Waals surface area contributed by atoms with Gasteiger partial charge in [0.2, 0.25) is 0 Å². The van der Waals surface area contributed by atoms with E-state index in [0.717, 1.165) is 0 Å². The summed E-state index contributed by atoms with van der Waals surface area (Å²) in [5.74, 6) is -0.427. The first kappa shape index (κ1) is 13.7. The predicted molar refractivity (Wildman–Crippen MR) is 60.7 cm³/mol. The van der Waals surface area contributed by atoms with Crippen molar-refractivity contribution in [2.24, 2.45) is 0 Å². The quantitative estimate of drug-likeness (QED) is 0.830. The summed E-state index contributed by atoms with van der Waals surface area (Å²) in [6.07, 6.45) is 0. The topological polar surface area (TPSA) is 38.3 Å². The molecular weight excluding hydrogens is 252 g/mol. The SMILES string of the molecule is CC(Cl)CNC(=O)c1cccc(OC(F)F)c1. The third kappa shape index (κ3) is 4.99. The van der Waals surface area contributed by atoms with E-state index in [1.807, 2.05) is 0 Å². The number of ether oxygens (including phenoxy) is 1. The standard InChI is InChI=1S/C11H12ClF2NO2/c1-7(12)6-15-10(16)8-3-2-4-9(5-8)17-11(13)14/h2-5,7,11H,6H2,1H3,(H,15,16). The van der Waals surface area contributed by atoms with Crippen LogP contribution < -0.4 is 10.1 Å². The summed E-state index contributed by atoms with van der Waals surface area (Å²) in [5.41, 5.74) is 0.250. The first-order valence-corrected chi connectivity index (χ1v) is 5.40. The highest BCUT2D eigenvalue weighted by Crippen LogP contribution is 2.15. The van der Waals surface area contributed by atoms with Gasteiger partial charge in [0, 0.05) is 17.5 Å². The maximum absolute atomic E-state index is 12.0. The summed E-state index contributed by atoms with van der Waals surface area (Å²) in [6.45, 7) is -0.866. The molecule has 17 heavy (non-hydrogen) atoms. The number of carbonyl (C=O) groups is 1. The molecule has 0 radical (unpaired) electrons. The van der Waals surface area contributed by atoms with Crippen LogP contribution in [-0.4, -0.2) is 24.4 Å². The number of hydrogen-bond donors (Lipinski definition) is 1. The van der Waals surface area contributed by atoms with Crippen molar-refractivity contribution < 1.29 is 18.3 Å². The average molecular weight is 264 g/mol. The van der Waals surface area contributed by atoms with E-state index in [2.05, 4.69) is 10.1 Å². The Labute approximate surface area is 103 Å². The largest absolute Gasteiger partial charge is 0.435 e. The van der Waals surface area contributed by atoms with Gasteiger partial charge in [-0.3, -0.25) is 4.79 Å². The molecule has 1 amide bonds. The lowest BCUT2D eigenvalue weighted by Gasteiger charge is -2.08. The molecule has 1 aromatic carbocycles. The number of alkyl halides is 3. The molecule has 3 nitrogen and oxygen atoms in total. The summed E-state index contributed by atoms with van der Waals surface area (Å²) in [6, 6.07) is 5.58. The smallest absolute Gasteiger partial charge is 0.387 e. The van der Waals surface area contributed by atoms with Gasteiger partial charge in [0.25, 0.3) is 5.91 Å². The van der Waals surface area contributed by atoms with Gasteiger partial charge in [-0.2, -0.15) is 8.78 Å². The summed E-state index contributed by atoms with van der Waals surface area (Å²) in [5, 5.41) is 2.37. The van der Waals surface area contributed by atoms with Gasteiger partial charge in [-0.25, -0.2) is 0 Å². The maximum Gasteiger partial charge on any atom is 0.387 e. The van der Waals surface area contributed by atoms with E-state index in [-0.39, 0.29) is 22.6 Å². The van der Waals surface area contributed by atoms with E-state index >= 15 is 0 Å². The minimum absolute atomic E-state index is 0.0495. The molecule has 1 aromatic rings. The Kier molecular flexibility index (Phi) is 5.15. The van der Waals surface area contributed by atoms with Crippen molar-refractivity contribution >= 4 is 17.5 Å². The minimum Gasteiger partial charge on any atom is -0.435 e. The van der Waals surface area contributed by atoms with Crippen molar-refractivity contribution in [2.45, 2.75) is 18.9 Å². The molecular formula is C11H12ClF2NO2. The van der Waals surface area contributed by atoms with Crippen LogP contribution in [0, 0.1) is 0 Å². The van der Waals surface area contributed by atoms with E-state index in [1.54, 1.807) is 6.92 Å². The predicted octanol–water partition coefficient (Wildman–Crippen LogP) is 2.65. The van der Waals surface area contributed by atoms with Crippen LogP contribution in [0.15, 0.2) is 24.3 Å². The Balaban J connectivity index is 2.67. The zero-order valence-electron chi connectivity index (χ0n) is 9.12. The van der Waals surface area contributed by atoms with Gasteiger partial charge in [0.1, 0.15) is 5.75 Å². The maximum atomic E-state index is 12.0. The molecule has 0 fully saturated rings. The molecule has 1 atom stereocenters. The molecule has 94 valence electrons. The molecule has 0 spiro atoms. The fraction of sp³-hybridized carbons (Fsp3) is 0.364. The van der Waals surface area contributed by atoms with Crippen molar-refractivity contribution in [3.8, 4) is 5.75 Å². The zero-order chi connectivity index (χ0) is 12.8. The highest BCUT2D eigenvalue weighted by Gasteiger charge is 2.09. The van der Waals surface area contributed by atoms with Crippen LogP contribution in [-0.2, 0) is 0 Å². The van der Waals surface area contributed by atoms with Crippen molar-refractivity contribution in [1.29, 1.82) is 0 Å². The van der Waals surface area contributed by atoms with E-state index in [9.17, 15) is 13.6 Å². The van der Waals surface area contributed by atoms with Gasteiger partial charge >= 0.3 is 6.61 Å². The molecule has 1 unspecified atom stereocenters. The number of halogens is 3. The molecule has 0 aromatic heterocycles. The van der Waals surface area contributed by atoms with Crippen LogP contribution in [0.5, 0.6) is 5.75 Å². The van der Waals surface area contributed by atoms with Gasteiger partial charge in [-0.15, -0.1) is 11.6 Å². The first-order valence-electron chi connectivity index (χ1n) is 4.96. The molecule has 0 aliphatic carbocycles. The number of carbonyl (C=O) groups excluding carboxylic acids is 1. The van der Waals surface area contributed by atoms with Gasteiger partial charge in [0.15, 0.2) is 0 Å². The molecule has 0 aliphatic heterocycles. The van der Waals surface area contributed by atoms with E-state index in [4.69, 9.17) is 11.6 Å². The zero-order valence-corrected chi connectivity index (χ0v) is 9.88. The highest BCUT2D eigenvalue weighted by atomic mass is 35.5. The Morgan fingerprint density at radius 2 is 2.24 bits per heavy atom. The van der Waals surface area contributed by atoms with Gasteiger partial charge in [-0.1, -0.05) is 6.07 Å². The number of benzene rings is 1. The number of hydrogen-bond acceptors (Lipinski definition) is 2. The third-order valence-electron chi connectivity index (χ3n) is 1.87. The summed E-state index contributed by atoms with van der Waals surface area (Å²) in [4.78, 5) is 11.6.